The molecule has 0 amide bonds. The summed E-state index contributed by atoms with van der Waals surface area (Å²) < 4.78 is 31.1. The molecular formula is C13H16F2O2. The van der Waals surface area contributed by atoms with Gasteiger partial charge in [0, 0.05) is 5.92 Å². The Balaban J connectivity index is 1.98. The molecule has 0 radical (unpaired) electrons. The number of rotatable bonds is 3. The van der Waals surface area contributed by atoms with Crippen LogP contribution in [0.5, 0.6) is 0 Å². The van der Waals surface area contributed by atoms with Gasteiger partial charge in [0.15, 0.2) is 11.6 Å². The molecule has 1 N–H and O–H groups in total. The van der Waals surface area contributed by atoms with E-state index in [-0.39, 0.29) is 12.0 Å². The molecule has 3 atom stereocenters. The van der Waals surface area contributed by atoms with Crippen LogP contribution in [0.15, 0.2) is 18.2 Å². The van der Waals surface area contributed by atoms with E-state index in [1.807, 2.05) is 6.92 Å². The molecule has 1 saturated heterocycles. The maximum absolute atomic E-state index is 13.0. The topological polar surface area (TPSA) is 29.5 Å². The third-order valence-electron chi connectivity index (χ3n) is 3.20. The minimum absolute atomic E-state index is 0.0816. The van der Waals surface area contributed by atoms with E-state index in [0.717, 1.165) is 18.6 Å². The van der Waals surface area contributed by atoms with Crippen LogP contribution in [-0.2, 0) is 11.2 Å². The number of ether oxygens (including phenoxy) is 1. The highest BCUT2D eigenvalue weighted by molar-refractivity contribution is 5.18. The Bertz CT molecular complexity index is 395. The second-order valence-electron chi connectivity index (χ2n) is 4.66. The summed E-state index contributed by atoms with van der Waals surface area (Å²) in [5, 5.41) is 9.98. The van der Waals surface area contributed by atoms with Gasteiger partial charge in [-0.3, -0.25) is 0 Å². The van der Waals surface area contributed by atoms with Crippen LogP contribution in [0.4, 0.5) is 8.78 Å². The van der Waals surface area contributed by atoms with Gasteiger partial charge in [0.25, 0.3) is 0 Å². The second kappa shape index (κ2) is 5.10. The van der Waals surface area contributed by atoms with Gasteiger partial charge in [-0.2, -0.15) is 0 Å². The van der Waals surface area contributed by atoms with Crippen molar-refractivity contribution in [3.05, 3.63) is 35.4 Å². The van der Waals surface area contributed by atoms with E-state index in [1.54, 1.807) is 0 Å². The lowest BCUT2D eigenvalue weighted by Gasteiger charge is -2.16. The van der Waals surface area contributed by atoms with E-state index < -0.39 is 17.7 Å². The Morgan fingerprint density at radius 2 is 2.18 bits per heavy atom. The number of halogens is 2. The lowest BCUT2D eigenvalue weighted by molar-refractivity contribution is 0.0806. The monoisotopic (exact) mass is 242 g/mol. The molecule has 94 valence electrons. The van der Waals surface area contributed by atoms with Crippen molar-refractivity contribution in [2.24, 2.45) is 5.92 Å². The van der Waals surface area contributed by atoms with Crippen molar-refractivity contribution in [3.63, 3.8) is 0 Å². The molecule has 0 aromatic heterocycles. The number of aliphatic hydroxyl groups is 1. The molecule has 4 heteroatoms. The average Bonchev–Trinajstić information content (AvgIpc) is 2.70. The fraction of sp³-hybridized carbons (Fsp3) is 0.538. The summed E-state index contributed by atoms with van der Waals surface area (Å²) in [5.74, 6) is -1.65. The highest BCUT2D eigenvalue weighted by Gasteiger charge is 2.28. The smallest absolute Gasteiger partial charge is 0.159 e. The highest BCUT2D eigenvalue weighted by Crippen LogP contribution is 2.24. The Hall–Kier alpha value is -1.00. The van der Waals surface area contributed by atoms with Crippen LogP contribution in [-0.4, -0.2) is 23.9 Å². The van der Waals surface area contributed by atoms with Crippen molar-refractivity contribution in [2.75, 3.05) is 6.61 Å². The third-order valence-corrected chi connectivity index (χ3v) is 3.20. The zero-order valence-electron chi connectivity index (χ0n) is 9.70. The number of hydrogen-bond acceptors (Lipinski definition) is 2. The maximum Gasteiger partial charge on any atom is 0.159 e. The largest absolute Gasteiger partial charge is 0.392 e. The van der Waals surface area contributed by atoms with Gasteiger partial charge in [0.2, 0.25) is 0 Å². The Labute approximate surface area is 99.2 Å². The van der Waals surface area contributed by atoms with Crippen molar-refractivity contribution in [2.45, 2.75) is 32.0 Å². The summed E-state index contributed by atoms with van der Waals surface area (Å²) in [6.45, 7) is 2.50. The fourth-order valence-corrected chi connectivity index (χ4v) is 2.19. The molecule has 3 unspecified atom stereocenters. The molecule has 0 aliphatic carbocycles. The Kier molecular flexibility index (Phi) is 3.74. The lowest BCUT2D eigenvalue weighted by Crippen LogP contribution is -2.23. The van der Waals surface area contributed by atoms with Crippen LogP contribution < -0.4 is 0 Å². The van der Waals surface area contributed by atoms with Crippen molar-refractivity contribution in [1.82, 2.24) is 0 Å². The first-order chi connectivity index (χ1) is 8.06. The predicted octanol–water partition coefficient (Wildman–Crippen LogP) is 2.29. The molecule has 0 bridgehead atoms. The second-order valence-corrected chi connectivity index (χ2v) is 4.66. The van der Waals surface area contributed by atoms with Crippen LogP contribution in [0.2, 0.25) is 0 Å². The number of hydrogen-bond donors (Lipinski definition) is 1. The molecule has 1 heterocycles. The molecule has 2 nitrogen and oxygen atoms in total. The molecule has 0 spiro atoms. The fourth-order valence-electron chi connectivity index (χ4n) is 2.19. The summed E-state index contributed by atoms with van der Waals surface area (Å²) in [4.78, 5) is 0. The zero-order chi connectivity index (χ0) is 12.4. The van der Waals surface area contributed by atoms with Crippen LogP contribution in [0, 0.1) is 17.6 Å². The first kappa shape index (κ1) is 12.5. The van der Waals surface area contributed by atoms with Gasteiger partial charge < -0.3 is 9.84 Å². The SMILES string of the molecule is CC1CC(C(O)Cc2ccc(F)c(F)c2)CO1. The summed E-state index contributed by atoms with van der Waals surface area (Å²) in [5.41, 5.74) is 0.607. The molecule has 1 aliphatic rings. The van der Waals surface area contributed by atoms with Crippen LogP contribution in [0.3, 0.4) is 0 Å². The van der Waals surface area contributed by atoms with Gasteiger partial charge in [-0.05, 0) is 37.5 Å². The summed E-state index contributed by atoms with van der Waals surface area (Å²) in [6.07, 6.45) is 0.743. The maximum atomic E-state index is 13.0. The van der Waals surface area contributed by atoms with Crippen molar-refractivity contribution >= 4 is 0 Å². The highest BCUT2D eigenvalue weighted by atomic mass is 19.2. The Morgan fingerprint density at radius 1 is 1.41 bits per heavy atom. The molecule has 0 saturated carbocycles. The van der Waals surface area contributed by atoms with Gasteiger partial charge in [-0.15, -0.1) is 0 Å². The lowest BCUT2D eigenvalue weighted by atomic mass is 9.94. The first-order valence-corrected chi connectivity index (χ1v) is 5.80. The van der Waals surface area contributed by atoms with Gasteiger partial charge in [-0.25, -0.2) is 8.78 Å². The van der Waals surface area contributed by atoms with Gasteiger partial charge in [0.1, 0.15) is 0 Å². The van der Waals surface area contributed by atoms with Gasteiger partial charge in [-0.1, -0.05) is 6.07 Å². The van der Waals surface area contributed by atoms with E-state index in [9.17, 15) is 13.9 Å². The quantitative estimate of drug-likeness (QED) is 0.881. The summed E-state index contributed by atoms with van der Waals surface area (Å²) in [7, 11) is 0. The average molecular weight is 242 g/mol. The predicted molar refractivity (Wildman–Crippen MR) is 59.6 cm³/mol. The molecule has 17 heavy (non-hydrogen) atoms. The molecular weight excluding hydrogens is 226 g/mol. The van der Waals surface area contributed by atoms with Gasteiger partial charge in [0.05, 0.1) is 18.8 Å². The molecule has 1 aromatic carbocycles. The van der Waals surface area contributed by atoms with Crippen molar-refractivity contribution in [3.8, 4) is 0 Å². The van der Waals surface area contributed by atoms with E-state index in [4.69, 9.17) is 4.74 Å². The van der Waals surface area contributed by atoms with E-state index in [2.05, 4.69) is 0 Å². The van der Waals surface area contributed by atoms with E-state index in [0.29, 0.717) is 18.6 Å². The summed E-state index contributed by atoms with van der Waals surface area (Å²) >= 11 is 0. The molecule has 1 aromatic rings. The van der Waals surface area contributed by atoms with Crippen molar-refractivity contribution in [1.29, 1.82) is 0 Å². The molecule has 1 fully saturated rings. The van der Waals surface area contributed by atoms with Gasteiger partial charge >= 0.3 is 0 Å². The molecule has 2 rings (SSSR count). The number of benzene rings is 1. The molecule has 1 aliphatic heterocycles. The normalized spacial score (nSPS) is 26.1. The van der Waals surface area contributed by atoms with E-state index >= 15 is 0 Å². The zero-order valence-corrected chi connectivity index (χ0v) is 9.70. The summed E-state index contributed by atoms with van der Waals surface area (Å²) in [6, 6.07) is 3.73. The third kappa shape index (κ3) is 3.01. The minimum Gasteiger partial charge on any atom is -0.392 e. The van der Waals surface area contributed by atoms with Crippen molar-refractivity contribution < 1.29 is 18.6 Å². The standard InChI is InChI=1S/C13H16F2O2/c1-8-4-10(7-17-8)13(16)6-9-2-3-11(14)12(15)5-9/h2-3,5,8,10,13,16H,4,6-7H2,1H3. The number of aliphatic hydroxyl groups excluding tert-OH is 1. The first-order valence-electron chi connectivity index (χ1n) is 5.80. The van der Waals surface area contributed by atoms with Crippen LogP contribution in [0.1, 0.15) is 18.9 Å². The Morgan fingerprint density at radius 3 is 2.76 bits per heavy atom. The van der Waals surface area contributed by atoms with Crippen LogP contribution >= 0.6 is 0 Å². The van der Waals surface area contributed by atoms with Crippen LogP contribution in [0.25, 0.3) is 0 Å². The minimum atomic E-state index is -0.870. The van der Waals surface area contributed by atoms with E-state index in [1.165, 1.54) is 6.07 Å².